The van der Waals surface area contributed by atoms with Crippen LogP contribution in [0, 0.1) is 18.2 Å². The first-order valence-corrected chi connectivity index (χ1v) is 5.14. The number of halogens is 1. The van der Waals surface area contributed by atoms with Gasteiger partial charge in [0, 0.05) is 11.3 Å². The normalized spacial score (nSPS) is 9.54. The molecule has 1 rings (SSSR count). The van der Waals surface area contributed by atoms with Crippen molar-refractivity contribution in [2.75, 3.05) is 5.75 Å². The quantitative estimate of drug-likeness (QED) is 0.402. The molecule has 68 valence electrons. The number of thioether (sulfide) groups is 1. The van der Waals surface area contributed by atoms with Gasteiger partial charge in [-0.25, -0.2) is 4.39 Å². The van der Waals surface area contributed by atoms with Crippen molar-refractivity contribution >= 4 is 11.8 Å². The van der Waals surface area contributed by atoms with Gasteiger partial charge in [0.05, 0.1) is 0 Å². The number of hydrogen-bond donors (Lipinski definition) is 0. The van der Waals surface area contributed by atoms with E-state index in [0.717, 1.165) is 18.6 Å². The van der Waals surface area contributed by atoms with Crippen LogP contribution in [0.15, 0.2) is 29.2 Å². The van der Waals surface area contributed by atoms with Gasteiger partial charge in [0.15, 0.2) is 0 Å². The molecule has 0 saturated heterocycles. The number of unbranched alkanes of at least 4 members (excludes halogenated alkanes) is 1. The molecule has 2 heteroatoms. The molecule has 1 aromatic carbocycles. The van der Waals surface area contributed by atoms with Crippen LogP contribution in [-0.4, -0.2) is 5.75 Å². The molecule has 0 fully saturated rings. The topological polar surface area (TPSA) is 0 Å². The second kappa shape index (κ2) is 5.66. The van der Waals surface area contributed by atoms with Gasteiger partial charge >= 0.3 is 0 Å². The zero-order chi connectivity index (χ0) is 9.52. The highest BCUT2D eigenvalue weighted by atomic mass is 32.2. The summed E-state index contributed by atoms with van der Waals surface area (Å²) in [6.07, 6.45) is 6.81. The number of benzene rings is 1. The van der Waals surface area contributed by atoms with E-state index in [1.807, 2.05) is 6.07 Å². The fourth-order valence-electron chi connectivity index (χ4n) is 0.918. The lowest BCUT2D eigenvalue weighted by atomic mass is 10.3. The van der Waals surface area contributed by atoms with Crippen LogP contribution in [0.25, 0.3) is 0 Å². The molecule has 0 atom stereocenters. The monoisotopic (exact) mass is 194 g/mol. The third-order valence-corrected chi connectivity index (χ3v) is 2.69. The van der Waals surface area contributed by atoms with Gasteiger partial charge in [0.25, 0.3) is 0 Å². The van der Waals surface area contributed by atoms with E-state index in [9.17, 15) is 4.39 Å². The van der Waals surface area contributed by atoms with Crippen LogP contribution in [0.2, 0.25) is 0 Å². The number of hydrogen-bond acceptors (Lipinski definition) is 1. The van der Waals surface area contributed by atoms with E-state index in [1.165, 1.54) is 17.8 Å². The molecular weight excluding hydrogens is 183 g/mol. The van der Waals surface area contributed by atoms with Gasteiger partial charge in [-0.2, -0.15) is 0 Å². The van der Waals surface area contributed by atoms with Gasteiger partial charge < -0.3 is 0 Å². The molecule has 0 aliphatic rings. The molecule has 0 saturated carbocycles. The van der Waals surface area contributed by atoms with Crippen LogP contribution in [0.5, 0.6) is 0 Å². The number of terminal acetylenes is 1. The van der Waals surface area contributed by atoms with E-state index in [0.29, 0.717) is 4.90 Å². The fraction of sp³-hybridized carbons (Fsp3) is 0.273. The van der Waals surface area contributed by atoms with E-state index < -0.39 is 0 Å². The van der Waals surface area contributed by atoms with Crippen molar-refractivity contribution in [2.45, 2.75) is 17.7 Å². The van der Waals surface area contributed by atoms with Gasteiger partial charge in [0.1, 0.15) is 5.82 Å². The first-order chi connectivity index (χ1) is 6.34. The van der Waals surface area contributed by atoms with Gasteiger partial charge in [-0.15, -0.1) is 24.1 Å². The Hall–Kier alpha value is -0.940. The van der Waals surface area contributed by atoms with Crippen molar-refractivity contribution in [3.63, 3.8) is 0 Å². The van der Waals surface area contributed by atoms with Gasteiger partial charge in [-0.3, -0.25) is 0 Å². The zero-order valence-corrected chi connectivity index (χ0v) is 8.11. The van der Waals surface area contributed by atoms with Crippen molar-refractivity contribution in [3.8, 4) is 12.3 Å². The Kier molecular flexibility index (Phi) is 4.42. The maximum atomic E-state index is 13.0. The molecule has 0 spiro atoms. The minimum atomic E-state index is -0.145. The maximum Gasteiger partial charge on any atom is 0.136 e. The Morgan fingerprint density at radius 2 is 2.15 bits per heavy atom. The molecule has 0 bridgehead atoms. The summed E-state index contributed by atoms with van der Waals surface area (Å²) in [5, 5.41) is 0. The minimum absolute atomic E-state index is 0.145. The Bertz CT molecular complexity index is 301. The SMILES string of the molecule is C#CCCCSc1ccccc1F. The fourth-order valence-corrected chi connectivity index (χ4v) is 1.81. The molecule has 0 nitrogen and oxygen atoms in total. The molecule has 0 N–H and O–H groups in total. The third kappa shape index (κ3) is 3.52. The average molecular weight is 194 g/mol. The van der Waals surface area contributed by atoms with Crippen LogP contribution < -0.4 is 0 Å². The van der Waals surface area contributed by atoms with E-state index in [2.05, 4.69) is 5.92 Å². The second-order valence-electron chi connectivity index (χ2n) is 2.59. The molecule has 0 unspecified atom stereocenters. The molecule has 0 aromatic heterocycles. The van der Waals surface area contributed by atoms with E-state index in [4.69, 9.17) is 6.42 Å². The van der Waals surface area contributed by atoms with E-state index >= 15 is 0 Å². The lowest BCUT2D eigenvalue weighted by molar-refractivity contribution is 0.602. The zero-order valence-electron chi connectivity index (χ0n) is 7.29. The van der Waals surface area contributed by atoms with Crippen molar-refractivity contribution < 1.29 is 4.39 Å². The standard InChI is InChI=1S/C11H11FS/c1-2-3-6-9-13-11-8-5-4-7-10(11)12/h1,4-5,7-8H,3,6,9H2. The molecule has 0 radical (unpaired) electrons. The van der Waals surface area contributed by atoms with Crippen LogP contribution in [-0.2, 0) is 0 Å². The largest absolute Gasteiger partial charge is 0.206 e. The highest BCUT2D eigenvalue weighted by Crippen LogP contribution is 2.21. The van der Waals surface area contributed by atoms with Crippen molar-refractivity contribution in [1.29, 1.82) is 0 Å². The highest BCUT2D eigenvalue weighted by Gasteiger charge is 1.99. The summed E-state index contributed by atoms with van der Waals surface area (Å²) in [5.74, 6) is 3.30. The van der Waals surface area contributed by atoms with Crippen LogP contribution in [0.1, 0.15) is 12.8 Å². The average Bonchev–Trinajstić information content (AvgIpc) is 2.15. The highest BCUT2D eigenvalue weighted by molar-refractivity contribution is 7.99. The van der Waals surface area contributed by atoms with Gasteiger partial charge in [0.2, 0.25) is 0 Å². The summed E-state index contributed by atoms with van der Waals surface area (Å²) in [5.41, 5.74) is 0. The van der Waals surface area contributed by atoms with Gasteiger partial charge in [-0.05, 0) is 24.3 Å². The predicted octanol–water partition coefficient (Wildman–Crippen LogP) is 3.33. The van der Waals surface area contributed by atoms with Crippen molar-refractivity contribution in [3.05, 3.63) is 30.1 Å². The minimum Gasteiger partial charge on any atom is -0.206 e. The van der Waals surface area contributed by atoms with E-state index in [-0.39, 0.29) is 5.82 Å². The summed E-state index contributed by atoms with van der Waals surface area (Å²) >= 11 is 1.52. The van der Waals surface area contributed by atoms with E-state index in [1.54, 1.807) is 12.1 Å². The molecular formula is C11H11FS. The smallest absolute Gasteiger partial charge is 0.136 e. The first-order valence-electron chi connectivity index (χ1n) is 4.15. The molecule has 1 aromatic rings. The van der Waals surface area contributed by atoms with Crippen LogP contribution in [0.3, 0.4) is 0 Å². The summed E-state index contributed by atoms with van der Waals surface area (Å²) in [7, 11) is 0. The molecule has 0 heterocycles. The summed E-state index contributed by atoms with van der Waals surface area (Å²) < 4.78 is 13.0. The Balaban J connectivity index is 2.37. The van der Waals surface area contributed by atoms with Crippen LogP contribution in [0.4, 0.5) is 4.39 Å². The molecule has 13 heavy (non-hydrogen) atoms. The lowest BCUT2D eigenvalue weighted by Crippen LogP contribution is -1.82. The summed E-state index contributed by atoms with van der Waals surface area (Å²) in [6.45, 7) is 0. The lowest BCUT2D eigenvalue weighted by Gasteiger charge is -2.00. The third-order valence-electron chi connectivity index (χ3n) is 1.56. The molecule has 0 aliphatic heterocycles. The Morgan fingerprint density at radius 3 is 2.85 bits per heavy atom. The second-order valence-corrected chi connectivity index (χ2v) is 3.72. The van der Waals surface area contributed by atoms with Crippen molar-refractivity contribution in [2.24, 2.45) is 0 Å². The summed E-state index contributed by atoms with van der Waals surface area (Å²) in [6, 6.07) is 6.80. The number of rotatable bonds is 4. The Labute approximate surface area is 82.5 Å². The molecule has 0 aliphatic carbocycles. The first kappa shape index (κ1) is 10.1. The van der Waals surface area contributed by atoms with Gasteiger partial charge in [-0.1, -0.05) is 12.1 Å². The molecule has 0 amide bonds. The Morgan fingerprint density at radius 1 is 1.38 bits per heavy atom. The van der Waals surface area contributed by atoms with Crippen LogP contribution >= 0.6 is 11.8 Å². The predicted molar refractivity (Wildman–Crippen MR) is 55.2 cm³/mol. The maximum absolute atomic E-state index is 13.0. The van der Waals surface area contributed by atoms with Crippen molar-refractivity contribution in [1.82, 2.24) is 0 Å². The summed E-state index contributed by atoms with van der Waals surface area (Å²) in [4.78, 5) is 0.708.